The molecule has 0 spiro atoms. The molecule has 0 bridgehead atoms. The van der Waals surface area contributed by atoms with Crippen LogP contribution in [-0.4, -0.2) is 13.9 Å². The molecule has 2 rings (SSSR count). The zero-order valence-corrected chi connectivity index (χ0v) is 14.4. The Morgan fingerprint density at radius 2 is 1.78 bits per heavy atom. The van der Waals surface area contributed by atoms with E-state index in [1.54, 1.807) is 6.07 Å². The molecule has 120 valence electrons. The molecule has 0 atom stereocenters. The molecular weight excluding hydrogens is 316 g/mol. The van der Waals surface area contributed by atoms with Crippen LogP contribution in [-0.2, 0) is 0 Å². The monoisotopic (exact) mass is 333 g/mol. The van der Waals surface area contributed by atoms with Crippen molar-refractivity contribution in [3.8, 4) is 11.1 Å². The average molecular weight is 333 g/mol. The van der Waals surface area contributed by atoms with E-state index in [4.69, 9.17) is 0 Å². The Bertz CT molecular complexity index is 798. The molecule has 2 aromatic carbocycles. The molecule has 0 aliphatic heterocycles. The van der Waals surface area contributed by atoms with Gasteiger partial charge >= 0.3 is 0 Å². The first-order valence-corrected chi connectivity index (χ1v) is 10.6. The molecule has 0 heterocycles. The summed E-state index contributed by atoms with van der Waals surface area (Å²) in [6.45, 7) is 6.91. The molecule has 2 aromatic rings. The highest BCUT2D eigenvalue weighted by Crippen LogP contribution is 2.35. The van der Waals surface area contributed by atoms with Gasteiger partial charge in [0, 0.05) is 16.3 Å². The summed E-state index contributed by atoms with van der Waals surface area (Å²) >= 11 is 0. The molecule has 0 saturated carbocycles. The Kier molecular flexibility index (Phi) is 4.56. The number of hydrogen-bond acceptors (Lipinski definition) is 3. The van der Waals surface area contributed by atoms with Gasteiger partial charge in [-0.2, -0.15) is 0 Å². The van der Waals surface area contributed by atoms with Crippen LogP contribution in [0.4, 0.5) is 14.5 Å². The fourth-order valence-corrected chi connectivity index (χ4v) is 4.33. The Hall–Kier alpha value is -2.21. The molecule has 0 N–H and O–H groups in total. The Morgan fingerprint density at radius 3 is 2.26 bits per heavy atom. The summed E-state index contributed by atoms with van der Waals surface area (Å²) < 4.78 is 28.1. The second-order valence-electron chi connectivity index (χ2n) is 6.41. The third-order valence-corrected chi connectivity index (χ3v) is 5.56. The first-order chi connectivity index (χ1) is 10.7. The number of carbonyl (C=O) groups is 1. The van der Waals surface area contributed by atoms with Crippen LogP contribution in [0.1, 0.15) is 17.3 Å². The molecular formula is C17H17F2NO2Si. The minimum absolute atomic E-state index is 0.0321. The number of benzene rings is 2. The van der Waals surface area contributed by atoms with Crippen molar-refractivity contribution < 1.29 is 13.6 Å². The van der Waals surface area contributed by atoms with Gasteiger partial charge in [0.2, 0.25) is 0 Å². The molecule has 0 unspecified atom stereocenters. The first kappa shape index (κ1) is 17.1. The quantitative estimate of drug-likeness (QED) is 0.459. The summed E-state index contributed by atoms with van der Waals surface area (Å²) in [5.41, 5.74) is 0.472. The summed E-state index contributed by atoms with van der Waals surface area (Å²) in [7, 11) is -2.25. The number of nitrogens with zero attached hydrogens (tertiary/aromatic N) is 1. The number of rotatable bonds is 4. The maximum Gasteiger partial charge on any atom is 0.160 e. The fourth-order valence-electron chi connectivity index (χ4n) is 2.66. The van der Waals surface area contributed by atoms with Gasteiger partial charge in [-0.3, -0.25) is 4.79 Å². The van der Waals surface area contributed by atoms with Gasteiger partial charge in [-0.1, -0.05) is 31.8 Å². The molecule has 6 heteroatoms. The van der Waals surface area contributed by atoms with Gasteiger partial charge in [0.05, 0.1) is 8.07 Å². The smallest absolute Gasteiger partial charge is 0.160 e. The van der Waals surface area contributed by atoms with Crippen LogP contribution < -0.4 is 5.19 Å². The van der Waals surface area contributed by atoms with Crippen molar-refractivity contribution in [2.45, 2.75) is 26.6 Å². The van der Waals surface area contributed by atoms with Gasteiger partial charge < -0.3 is 0 Å². The van der Waals surface area contributed by atoms with E-state index in [1.807, 2.05) is 19.6 Å². The highest BCUT2D eigenvalue weighted by Gasteiger charge is 2.30. The largest absolute Gasteiger partial charge is 0.294 e. The molecule has 0 amide bonds. The number of carbonyl (C=O) groups excluding carboxylic acids is 1. The molecule has 0 radical (unpaired) electrons. The number of nitroso groups, excluding NO2 is 1. The van der Waals surface area contributed by atoms with E-state index in [2.05, 4.69) is 5.18 Å². The number of ketones is 1. The normalized spacial score (nSPS) is 11.4. The Balaban J connectivity index is 2.98. The third kappa shape index (κ3) is 3.27. The number of Topliss-reactive ketones (excluding diaryl/α,β-unsaturated/α-hetero) is 1. The number of hydrogen-bond donors (Lipinski definition) is 0. The second-order valence-corrected chi connectivity index (χ2v) is 11.4. The van der Waals surface area contributed by atoms with E-state index < -0.39 is 25.5 Å². The van der Waals surface area contributed by atoms with Gasteiger partial charge in [-0.25, -0.2) is 8.78 Å². The molecule has 0 aliphatic rings. The minimum Gasteiger partial charge on any atom is -0.294 e. The predicted octanol–water partition coefficient (Wildman–Crippen LogP) is 4.78. The van der Waals surface area contributed by atoms with Crippen molar-refractivity contribution in [2.75, 3.05) is 0 Å². The summed E-state index contributed by atoms with van der Waals surface area (Å²) in [4.78, 5) is 23.4. The lowest BCUT2D eigenvalue weighted by Gasteiger charge is -2.22. The topological polar surface area (TPSA) is 46.5 Å². The fraction of sp³-hybridized carbons (Fsp3) is 0.235. The first-order valence-electron chi connectivity index (χ1n) is 7.14. The van der Waals surface area contributed by atoms with E-state index in [-0.39, 0.29) is 22.0 Å². The zero-order chi connectivity index (χ0) is 17.4. The van der Waals surface area contributed by atoms with Crippen molar-refractivity contribution >= 4 is 24.7 Å². The SMILES string of the molecule is CC(=O)c1cc(F)c([Si](C)(C)C)c(N=O)c1-c1cccc(F)c1. The van der Waals surface area contributed by atoms with Crippen LogP contribution in [0.2, 0.25) is 19.6 Å². The van der Waals surface area contributed by atoms with Crippen molar-refractivity contribution in [1.82, 2.24) is 0 Å². The maximum atomic E-state index is 14.5. The second kappa shape index (κ2) is 6.12. The standard InChI is InChI=1S/C17H17F2NO2Si/c1-10(21)13-9-14(19)17(23(2,3)4)16(20-22)15(13)11-6-5-7-12(18)8-11/h5-9H,1-4H3. The molecule has 0 aliphatic carbocycles. The van der Waals surface area contributed by atoms with E-state index in [0.29, 0.717) is 5.56 Å². The van der Waals surface area contributed by atoms with Crippen LogP contribution in [0.5, 0.6) is 0 Å². The number of halogens is 2. The van der Waals surface area contributed by atoms with Crippen LogP contribution in [0.3, 0.4) is 0 Å². The highest BCUT2D eigenvalue weighted by molar-refractivity contribution is 6.90. The molecule has 0 fully saturated rings. The summed E-state index contributed by atoms with van der Waals surface area (Å²) in [5.74, 6) is -1.52. The zero-order valence-electron chi connectivity index (χ0n) is 13.4. The van der Waals surface area contributed by atoms with Gasteiger partial charge in [0.25, 0.3) is 0 Å². The molecule has 0 aromatic heterocycles. The van der Waals surface area contributed by atoms with Crippen LogP contribution in [0.15, 0.2) is 35.5 Å². The highest BCUT2D eigenvalue weighted by atomic mass is 28.3. The van der Waals surface area contributed by atoms with Crippen LogP contribution >= 0.6 is 0 Å². The van der Waals surface area contributed by atoms with Gasteiger partial charge in [-0.15, -0.1) is 4.91 Å². The van der Waals surface area contributed by atoms with Crippen molar-refractivity contribution in [1.29, 1.82) is 0 Å². The lowest BCUT2D eigenvalue weighted by Crippen LogP contribution is -2.40. The Morgan fingerprint density at radius 1 is 1.13 bits per heavy atom. The van der Waals surface area contributed by atoms with Gasteiger partial charge in [0.1, 0.15) is 17.3 Å². The minimum atomic E-state index is -2.25. The maximum absolute atomic E-state index is 14.5. The van der Waals surface area contributed by atoms with E-state index in [1.165, 1.54) is 25.1 Å². The van der Waals surface area contributed by atoms with Crippen molar-refractivity contribution in [3.63, 3.8) is 0 Å². The van der Waals surface area contributed by atoms with Crippen LogP contribution in [0, 0.1) is 16.5 Å². The summed E-state index contributed by atoms with van der Waals surface area (Å²) in [5, 5.41) is 3.26. The summed E-state index contributed by atoms with van der Waals surface area (Å²) in [6.07, 6.45) is 0. The van der Waals surface area contributed by atoms with Crippen LogP contribution in [0.25, 0.3) is 11.1 Å². The average Bonchev–Trinajstić information content (AvgIpc) is 2.44. The van der Waals surface area contributed by atoms with Crippen molar-refractivity contribution in [3.05, 3.63) is 52.4 Å². The Labute approximate surface area is 134 Å². The molecule has 0 saturated heterocycles. The van der Waals surface area contributed by atoms with E-state index >= 15 is 0 Å². The lowest BCUT2D eigenvalue weighted by atomic mass is 9.95. The molecule has 3 nitrogen and oxygen atoms in total. The van der Waals surface area contributed by atoms with Gasteiger partial charge in [-0.05, 0) is 35.9 Å². The van der Waals surface area contributed by atoms with E-state index in [9.17, 15) is 18.5 Å². The van der Waals surface area contributed by atoms with E-state index in [0.717, 1.165) is 6.07 Å². The molecule has 23 heavy (non-hydrogen) atoms. The van der Waals surface area contributed by atoms with Crippen molar-refractivity contribution in [2.24, 2.45) is 5.18 Å². The summed E-state index contributed by atoms with van der Waals surface area (Å²) in [6, 6.07) is 6.65. The lowest BCUT2D eigenvalue weighted by molar-refractivity contribution is 0.101. The third-order valence-electron chi connectivity index (χ3n) is 3.59. The predicted molar refractivity (Wildman–Crippen MR) is 90.2 cm³/mol. The van der Waals surface area contributed by atoms with Gasteiger partial charge in [0.15, 0.2) is 5.78 Å².